The van der Waals surface area contributed by atoms with Crippen LogP contribution in [0.1, 0.15) is 77.8 Å². The van der Waals surface area contributed by atoms with Crippen LogP contribution < -0.4 is 10.2 Å². The van der Waals surface area contributed by atoms with Gasteiger partial charge in [-0.1, -0.05) is 68.7 Å². The maximum Gasteiger partial charge on any atom is 0.409 e. The summed E-state index contributed by atoms with van der Waals surface area (Å²) in [5.74, 6) is -1.46. The van der Waals surface area contributed by atoms with E-state index >= 15 is 0 Å². The number of unbranched alkanes of at least 4 members (excludes halogenated alkanes) is 1. The van der Waals surface area contributed by atoms with Crippen molar-refractivity contribution in [1.82, 2.24) is 5.32 Å². The van der Waals surface area contributed by atoms with E-state index in [1.54, 1.807) is 7.05 Å². The Balaban J connectivity index is 1.74. The van der Waals surface area contributed by atoms with Crippen molar-refractivity contribution < 1.29 is 33.7 Å². The monoisotopic (exact) mass is 616 g/mol. The number of aliphatic hydroxyl groups is 1. The fourth-order valence-electron chi connectivity index (χ4n) is 6.09. The van der Waals surface area contributed by atoms with Crippen LogP contribution in [0.5, 0.6) is 0 Å². The predicted octanol–water partition coefficient (Wildman–Crippen LogP) is 5.78. The quantitative estimate of drug-likeness (QED) is 0.325. The number of aryl methyl sites for hydroxylation is 1. The Bertz CT molecular complexity index is 1310. The molecule has 0 saturated carbocycles. The lowest BCUT2D eigenvalue weighted by Gasteiger charge is -2.41. The third-order valence-electron chi connectivity index (χ3n) is 9.10. The van der Waals surface area contributed by atoms with E-state index in [1.807, 2.05) is 71.9 Å². The second-order valence-corrected chi connectivity index (χ2v) is 13.0. The lowest BCUT2D eigenvalue weighted by Crippen LogP contribution is -2.60. The molecule has 10 heteroatoms. The van der Waals surface area contributed by atoms with Gasteiger partial charge in [-0.3, -0.25) is 14.9 Å². The smallest absolute Gasteiger partial charge is 0.409 e. The lowest BCUT2D eigenvalue weighted by atomic mass is 9.82. The number of epoxide rings is 1. The van der Waals surface area contributed by atoms with E-state index in [4.69, 9.17) is 25.8 Å². The van der Waals surface area contributed by atoms with Gasteiger partial charge in [0.15, 0.2) is 0 Å². The van der Waals surface area contributed by atoms with Gasteiger partial charge in [-0.25, -0.2) is 4.79 Å². The van der Waals surface area contributed by atoms with Gasteiger partial charge in [-0.05, 0) is 50.8 Å². The van der Waals surface area contributed by atoms with Crippen LogP contribution in [0.25, 0.3) is 0 Å². The third kappa shape index (κ3) is 7.27. The Kier molecular flexibility index (Phi) is 9.99. The SMILES string of the molecule is CCCCC(=O)O[C@H]1CC(=O)N(C)c2cc(cc(C)c2Cl)C/C(C)=C/C=C/[C@@H](C)[C@@]2(O)C[C@H](OC(=O)N2)[C@@H](C)[C@@H]2O[C@@]12C. The molecule has 43 heavy (non-hydrogen) atoms. The van der Waals surface area contributed by atoms with Gasteiger partial charge in [-0.2, -0.15) is 0 Å². The molecule has 2 N–H and O–H groups in total. The number of hydrogen-bond donors (Lipinski definition) is 2. The third-order valence-corrected chi connectivity index (χ3v) is 9.59. The summed E-state index contributed by atoms with van der Waals surface area (Å²) in [6, 6.07) is 3.91. The van der Waals surface area contributed by atoms with Crippen LogP contribution in [0.15, 0.2) is 35.9 Å². The van der Waals surface area contributed by atoms with E-state index in [0.29, 0.717) is 23.6 Å². The Morgan fingerprint density at radius 1 is 1.26 bits per heavy atom. The number of carbonyl (C=O) groups is 3. The normalized spacial score (nSPS) is 35.1. The van der Waals surface area contributed by atoms with Gasteiger partial charge >= 0.3 is 12.1 Å². The molecule has 9 nitrogen and oxygen atoms in total. The minimum Gasteiger partial charge on any atom is -0.459 e. The highest BCUT2D eigenvalue weighted by Crippen LogP contribution is 2.49. The van der Waals surface area contributed by atoms with Crippen LogP contribution in [0, 0.1) is 18.8 Å². The minimum absolute atomic E-state index is 0.122. The molecule has 7 atom stereocenters. The number of fused-ring (bicyclic) bond motifs is 5. The number of nitrogens with zero attached hydrogens (tertiary/aromatic N) is 1. The molecule has 4 rings (SSSR count). The fourth-order valence-corrected chi connectivity index (χ4v) is 6.32. The molecule has 0 unspecified atom stereocenters. The number of amides is 2. The average molecular weight is 617 g/mol. The highest BCUT2D eigenvalue weighted by atomic mass is 35.5. The van der Waals surface area contributed by atoms with E-state index in [1.165, 1.54) is 4.90 Å². The largest absolute Gasteiger partial charge is 0.459 e. The Labute approximate surface area is 259 Å². The highest BCUT2D eigenvalue weighted by molar-refractivity contribution is 6.34. The van der Waals surface area contributed by atoms with Crippen molar-refractivity contribution in [2.45, 2.75) is 110 Å². The molecule has 0 spiro atoms. The van der Waals surface area contributed by atoms with E-state index < -0.39 is 47.6 Å². The maximum atomic E-state index is 13.8. The molecule has 2 saturated heterocycles. The van der Waals surface area contributed by atoms with E-state index in [9.17, 15) is 19.5 Å². The predicted molar refractivity (Wildman–Crippen MR) is 165 cm³/mol. The molecule has 1 aromatic rings. The first-order chi connectivity index (χ1) is 20.2. The molecule has 4 bridgehead atoms. The number of nitrogens with one attached hydrogen (secondary N) is 1. The molecule has 3 heterocycles. The van der Waals surface area contributed by atoms with Gasteiger partial charge in [0, 0.05) is 31.7 Å². The maximum absolute atomic E-state index is 13.8. The molecule has 1 aromatic carbocycles. The van der Waals surface area contributed by atoms with Gasteiger partial charge in [0.1, 0.15) is 23.5 Å². The summed E-state index contributed by atoms with van der Waals surface area (Å²) in [7, 11) is 1.67. The molecule has 3 aliphatic heterocycles. The van der Waals surface area contributed by atoms with Crippen LogP contribution in [0.2, 0.25) is 5.02 Å². The van der Waals surface area contributed by atoms with Crippen LogP contribution >= 0.6 is 11.6 Å². The van der Waals surface area contributed by atoms with Crippen molar-refractivity contribution in [3.63, 3.8) is 0 Å². The summed E-state index contributed by atoms with van der Waals surface area (Å²) in [6.07, 6.45) is 5.32. The number of carbonyl (C=O) groups excluding carboxylic acids is 3. The van der Waals surface area contributed by atoms with Crippen molar-refractivity contribution in [2.24, 2.45) is 11.8 Å². The number of rotatable bonds is 4. The number of ether oxygens (including phenoxy) is 3. The van der Waals surface area contributed by atoms with Crippen molar-refractivity contribution in [2.75, 3.05) is 11.9 Å². The number of halogens is 1. The number of hydrogen-bond acceptors (Lipinski definition) is 7. The first-order valence-electron chi connectivity index (χ1n) is 15.2. The Morgan fingerprint density at radius 2 is 1.98 bits per heavy atom. The van der Waals surface area contributed by atoms with Gasteiger partial charge in [0.05, 0.1) is 23.2 Å². The summed E-state index contributed by atoms with van der Waals surface area (Å²) in [5.41, 5.74) is 0.931. The number of allylic oxidation sites excluding steroid dienone is 3. The number of alkyl carbamates (subject to hydrolysis) is 1. The van der Waals surface area contributed by atoms with Crippen LogP contribution in [-0.2, 0) is 30.2 Å². The van der Waals surface area contributed by atoms with Crippen LogP contribution in [0.4, 0.5) is 10.5 Å². The number of esters is 1. The average Bonchev–Trinajstić information content (AvgIpc) is 3.63. The minimum atomic E-state index is -1.53. The summed E-state index contributed by atoms with van der Waals surface area (Å²) in [4.78, 5) is 40.7. The number of benzene rings is 1. The van der Waals surface area contributed by atoms with Crippen LogP contribution in [0.3, 0.4) is 0 Å². The Hall–Kier alpha value is -2.88. The van der Waals surface area contributed by atoms with Crippen molar-refractivity contribution in [1.29, 1.82) is 0 Å². The Morgan fingerprint density at radius 3 is 2.67 bits per heavy atom. The first-order valence-corrected chi connectivity index (χ1v) is 15.5. The zero-order chi connectivity index (χ0) is 31.7. The molecular formula is C33H45ClN2O7. The molecule has 236 valence electrons. The van der Waals surface area contributed by atoms with Gasteiger partial charge < -0.3 is 24.2 Å². The number of anilines is 1. The van der Waals surface area contributed by atoms with Crippen molar-refractivity contribution in [3.05, 3.63) is 52.1 Å². The second-order valence-electron chi connectivity index (χ2n) is 12.6. The fraction of sp³-hybridized carbons (Fsp3) is 0.606. The topological polar surface area (TPSA) is 118 Å². The summed E-state index contributed by atoms with van der Waals surface area (Å²) in [5, 5.41) is 14.6. The van der Waals surface area contributed by atoms with Gasteiger partial charge in [0.25, 0.3) is 0 Å². The van der Waals surface area contributed by atoms with Gasteiger partial charge in [-0.15, -0.1) is 0 Å². The summed E-state index contributed by atoms with van der Waals surface area (Å²) < 4.78 is 17.8. The molecule has 3 aliphatic rings. The molecular weight excluding hydrogens is 572 g/mol. The summed E-state index contributed by atoms with van der Waals surface area (Å²) >= 11 is 6.71. The summed E-state index contributed by atoms with van der Waals surface area (Å²) in [6.45, 7) is 11.4. The van der Waals surface area contributed by atoms with Crippen LogP contribution in [-0.4, -0.2) is 59.8 Å². The molecule has 0 aromatic heterocycles. The first kappa shape index (κ1) is 33.0. The van der Waals surface area contributed by atoms with Crippen molar-refractivity contribution in [3.8, 4) is 0 Å². The standard InChI is InChI=1S/C33H45ClN2O7/c1-8-9-13-28(38)42-26-17-27(37)36(7)24-16-23(15-20(3)29(24)34)14-19(2)11-10-12-21(4)33(40)18-25(41-31(39)35-33)22(5)30-32(26,6)43-30/h10-12,15-16,21-22,25-26,30,40H,8-9,13-14,17-18H2,1-7H3,(H,35,39)/b12-10+,19-11+/t21-,22-,25+,26+,30+,32+,33+/m1/s1. The van der Waals surface area contributed by atoms with Crippen molar-refractivity contribution >= 4 is 35.3 Å². The van der Waals surface area contributed by atoms with Gasteiger partial charge in [0.2, 0.25) is 5.91 Å². The zero-order valence-corrected chi connectivity index (χ0v) is 27.0. The highest BCUT2D eigenvalue weighted by Gasteiger charge is 2.64. The lowest BCUT2D eigenvalue weighted by molar-refractivity contribution is -0.154. The van der Waals surface area contributed by atoms with E-state index in [0.717, 1.165) is 23.1 Å². The zero-order valence-electron chi connectivity index (χ0n) is 26.2. The molecule has 2 amide bonds. The molecule has 0 aliphatic carbocycles. The van der Waals surface area contributed by atoms with E-state index in [2.05, 4.69) is 5.32 Å². The second kappa shape index (κ2) is 13.0. The molecule has 0 radical (unpaired) electrons. The van der Waals surface area contributed by atoms with E-state index in [-0.39, 0.29) is 31.1 Å². The molecule has 2 fully saturated rings.